The fourth-order valence-electron chi connectivity index (χ4n) is 2.81. The molecule has 28 heavy (non-hydrogen) atoms. The van der Waals surface area contributed by atoms with Crippen molar-refractivity contribution in [2.75, 3.05) is 19.0 Å². The first-order valence-corrected chi connectivity index (χ1v) is 9.90. The number of anilines is 1. The Balaban J connectivity index is 1.76. The van der Waals surface area contributed by atoms with E-state index in [1.807, 2.05) is 31.2 Å². The van der Waals surface area contributed by atoms with Crippen LogP contribution < -0.4 is 5.32 Å². The fraction of sp³-hybridized carbons (Fsp3) is 0.286. The van der Waals surface area contributed by atoms with Crippen LogP contribution in [-0.4, -0.2) is 40.2 Å². The number of para-hydroxylation sites is 2. The number of benzene rings is 2. The highest BCUT2D eigenvalue weighted by Gasteiger charge is 2.19. The normalized spacial score (nSPS) is 12.1. The topological polar surface area (TPSA) is 73.2 Å². The van der Waals surface area contributed by atoms with Gasteiger partial charge in [-0.15, -0.1) is 0 Å². The number of fused-ring (bicyclic) bond motifs is 1. The predicted octanol–water partition coefficient (Wildman–Crippen LogP) is 4.00. The van der Waals surface area contributed by atoms with Gasteiger partial charge in [0.1, 0.15) is 0 Å². The Labute approximate surface area is 168 Å². The highest BCUT2D eigenvalue weighted by atomic mass is 32.2. The number of hydrogen-bond donors (Lipinski definition) is 1. The Kier molecular flexibility index (Phi) is 6.49. The molecule has 0 saturated carbocycles. The van der Waals surface area contributed by atoms with E-state index in [-0.39, 0.29) is 16.9 Å². The Bertz CT molecular complexity index is 999. The van der Waals surface area contributed by atoms with Crippen LogP contribution in [0, 0.1) is 0 Å². The maximum atomic E-state index is 12.7. The zero-order valence-electron chi connectivity index (χ0n) is 16.1. The number of carbonyl (C=O) groups excluding carboxylic acids is 2. The van der Waals surface area contributed by atoms with Crippen LogP contribution >= 0.6 is 11.8 Å². The quantitative estimate of drug-likeness (QED) is 0.459. The van der Waals surface area contributed by atoms with Gasteiger partial charge in [0, 0.05) is 24.9 Å². The molecule has 0 fully saturated rings. The number of imidazole rings is 1. The molecular formula is C21H23N3O3S. The summed E-state index contributed by atoms with van der Waals surface area (Å²) in [4.78, 5) is 28.9. The van der Waals surface area contributed by atoms with Crippen molar-refractivity contribution in [1.82, 2.24) is 9.55 Å². The molecule has 3 rings (SSSR count). The summed E-state index contributed by atoms with van der Waals surface area (Å²) in [7, 11) is 1.66. The number of nitrogens with zero attached hydrogens (tertiary/aromatic N) is 2. The molecule has 1 heterocycles. The predicted molar refractivity (Wildman–Crippen MR) is 112 cm³/mol. The van der Waals surface area contributed by atoms with Crippen LogP contribution in [-0.2, 0) is 16.1 Å². The van der Waals surface area contributed by atoms with Gasteiger partial charge >= 0.3 is 0 Å². The summed E-state index contributed by atoms with van der Waals surface area (Å²) in [6.07, 6.45) is 0. The minimum Gasteiger partial charge on any atom is -0.383 e. The second kappa shape index (κ2) is 9.03. The molecule has 0 aliphatic rings. The lowest BCUT2D eigenvalue weighted by Crippen LogP contribution is -2.23. The smallest absolute Gasteiger partial charge is 0.237 e. The van der Waals surface area contributed by atoms with Crippen LogP contribution in [0.4, 0.5) is 5.69 Å². The maximum Gasteiger partial charge on any atom is 0.237 e. The van der Waals surface area contributed by atoms with Gasteiger partial charge in [0.15, 0.2) is 10.9 Å². The second-order valence-corrected chi connectivity index (χ2v) is 7.72. The molecule has 0 bridgehead atoms. The summed E-state index contributed by atoms with van der Waals surface area (Å²) in [5.41, 5.74) is 3.09. The van der Waals surface area contributed by atoms with Crippen molar-refractivity contribution in [2.45, 2.75) is 30.8 Å². The third-order valence-electron chi connectivity index (χ3n) is 4.33. The van der Waals surface area contributed by atoms with Crippen molar-refractivity contribution >= 4 is 40.2 Å². The molecule has 0 aliphatic carbocycles. The van der Waals surface area contributed by atoms with Gasteiger partial charge in [0.25, 0.3) is 0 Å². The molecule has 0 radical (unpaired) electrons. The molecule has 0 saturated heterocycles. The summed E-state index contributed by atoms with van der Waals surface area (Å²) in [6, 6.07) is 14.8. The first-order valence-electron chi connectivity index (χ1n) is 9.02. The fourth-order valence-corrected chi connectivity index (χ4v) is 3.76. The molecule has 1 amide bonds. The molecule has 0 spiro atoms. The molecule has 6 nitrogen and oxygen atoms in total. The number of ether oxygens (including phenoxy) is 1. The zero-order chi connectivity index (χ0) is 20.1. The number of thioether (sulfide) groups is 1. The summed E-state index contributed by atoms with van der Waals surface area (Å²) in [6.45, 7) is 4.57. The largest absolute Gasteiger partial charge is 0.383 e. The number of aromatic nitrogens is 2. The number of nitrogens with one attached hydrogen (secondary N) is 1. The number of carbonyl (C=O) groups is 2. The average molecular weight is 398 g/mol. The van der Waals surface area contributed by atoms with E-state index < -0.39 is 0 Å². The van der Waals surface area contributed by atoms with Crippen LogP contribution in [0.1, 0.15) is 24.2 Å². The van der Waals surface area contributed by atoms with Crippen molar-refractivity contribution in [3.8, 4) is 0 Å². The second-order valence-electron chi connectivity index (χ2n) is 6.41. The van der Waals surface area contributed by atoms with Gasteiger partial charge in [-0.1, -0.05) is 36.0 Å². The van der Waals surface area contributed by atoms with Crippen LogP contribution in [0.5, 0.6) is 0 Å². The first kappa shape index (κ1) is 20.1. The zero-order valence-corrected chi connectivity index (χ0v) is 17.0. The van der Waals surface area contributed by atoms with Gasteiger partial charge in [0.2, 0.25) is 5.91 Å². The molecule has 1 N–H and O–H groups in total. The van der Waals surface area contributed by atoms with Gasteiger partial charge in [0.05, 0.1) is 22.9 Å². The monoisotopic (exact) mass is 397 g/mol. The number of Topliss-reactive ketones (excluding diaryl/α,β-unsaturated/α-hetero) is 1. The summed E-state index contributed by atoms with van der Waals surface area (Å²) in [5, 5.41) is 3.29. The van der Waals surface area contributed by atoms with Crippen molar-refractivity contribution in [1.29, 1.82) is 0 Å². The summed E-state index contributed by atoms with van der Waals surface area (Å²) in [5.74, 6) is -0.179. The number of methoxy groups -OCH3 is 1. The van der Waals surface area contributed by atoms with E-state index in [9.17, 15) is 9.59 Å². The van der Waals surface area contributed by atoms with Crippen molar-refractivity contribution in [3.05, 3.63) is 54.1 Å². The molecule has 1 aromatic heterocycles. The number of ketones is 1. The third-order valence-corrected chi connectivity index (χ3v) is 5.42. The molecule has 3 aromatic rings. The highest BCUT2D eigenvalue weighted by molar-refractivity contribution is 8.00. The standard InChI is InChI=1S/C21H23N3O3S/c1-14(25)16-7-6-8-17(13-16)22-20(26)15(2)28-21-23-18-9-4-5-10-19(18)24(21)11-12-27-3/h4-10,13,15H,11-12H2,1-3H3,(H,22,26)/t15-/m1/s1. The molecule has 7 heteroatoms. The minimum atomic E-state index is -0.362. The van der Waals surface area contributed by atoms with Crippen molar-refractivity contribution in [3.63, 3.8) is 0 Å². The van der Waals surface area contributed by atoms with E-state index in [1.54, 1.807) is 31.4 Å². The molecule has 1 atom stereocenters. The third kappa shape index (κ3) is 4.61. The highest BCUT2D eigenvalue weighted by Crippen LogP contribution is 2.28. The SMILES string of the molecule is COCCn1c(S[C@H](C)C(=O)Nc2cccc(C(C)=O)c2)nc2ccccc21. The Morgan fingerprint density at radius 1 is 1.21 bits per heavy atom. The molecule has 0 unspecified atom stereocenters. The van der Waals surface area contributed by atoms with E-state index in [0.717, 1.165) is 16.2 Å². The maximum absolute atomic E-state index is 12.7. The van der Waals surface area contributed by atoms with Crippen LogP contribution in [0.15, 0.2) is 53.7 Å². The van der Waals surface area contributed by atoms with Gasteiger partial charge in [-0.05, 0) is 38.1 Å². The number of amides is 1. The summed E-state index contributed by atoms with van der Waals surface area (Å²) >= 11 is 1.40. The summed E-state index contributed by atoms with van der Waals surface area (Å²) < 4.78 is 7.29. The lowest BCUT2D eigenvalue weighted by molar-refractivity contribution is -0.115. The van der Waals surface area contributed by atoms with Gasteiger partial charge < -0.3 is 14.6 Å². The van der Waals surface area contributed by atoms with Crippen molar-refractivity contribution < 1.29 is 14.3 Å². The first-order chi connectivity index (χ1) is 13.5. The minimum absolute atomic E-state index is 0.0367. The lowest BCUT2D eigenvalue weighted by atomic mass is 10.1. The van der Waals surface area contributed by atoms with E-state index in [4.69, 9.17) is 4.74 Å². The van der Waals surface area contributed by atoms with Crippen molar-refractivity contribution in [2.24, 2.45) is 0 Å². The van der Waals surface area contributed by atoms with Crippen LogP contribution in [0.2, 0.25) is 0 Å². The Morgan fingerprint density at radius 2 is 2.00 bits per heavy atom. The van der Waals surface area contributed by atoms with Crippen LogP contribution in [0.3, 0.4) is 0 Å². The van der Waals surface area contributed by atoms with Gasteiger partial charge in [-0.25, -0.2) is 4.98 Å². The molecule has 146 valence electrons. The number of rotatable bonds is 8. The van der Waals surface area contributed by atoms with Gasteiger partial charge in [-0.3, -0.25) is 9.59 Å². The lowest BCUT2D eigenvalue weighted by Gasteiger charge is -2.14. The Hall–Kier alpha value is -2.64. The number of hydrogen-bond acceptors (Lipinski definition) is 5. The van der Waals surface area contributed by atoms with E-state index in [1.165, 1.54) is 18.7 Å². The van der Waals surface area contributed by atoms with E-state index >= 15 is 0 Å². The average Bonchev–Trinajstić information content (AvgIpc) is 3.03. The van der Waals surface area contributed by atoms with E-state index in [2.05, 4.69) is 14.9 Å². The van der Waals surface area contributed by atoms with Crippen LogP contribution in [0.25, 0.3) is 11.0 Å². The molecule has 0 aliphatic heterocycles. The molecule has 2 aromatic carbocycles. The Morgan fingerprint density at radius 3 is 2.75 bits per heavy atom. The molecular weight excluding hydrogens is 374 g/mol. The van der Waals surface area contributed by atoms with Gasteiger partial charge in [-0.2, -0.15) is 0 Å². The van der Waals surface area contributed by atoms with E-state index in [0.29, 0.717) is 24.4 Å².